The number of hydrogen-bond acceptors (Lipinski definition) is 4. The minimum absolute atomic E-state index is 0.0438. The molecule has 0 unspecified atom stereocenters. The van der Waals surface area contributed by atoms with Crippen LogP contribution in [0.15, 0.2) is 30.3 Å². The molecule has 6 nitrogen and oxygen atoms in total. The highest BCUT2D eigenvalue weighted by atomic mass is 19.1. The van der Waals surface area contributed by atoms with Crippen LogP contribution in [0, 0.1) is 12.7 Å². The van der Waals surface area contributed by atoms with Crippen molar-refractivity contribution in [3.63, 3.8) is 0 Å². The first-order valence-electron chi connectivity index (χ1n) is 7.85. The Balaban J connectivity index is 1.52. The molecule has 7 heteroatoms. The van der Waals surface area contributed by atoms with Gasteiger partial charge in [-0.15, -0.1) is 0 Å². The maximum Gasteiger partial charge on any atom is 0.274 e. The normalized spacial score (nSPS) is 15.5. The van der Waals surface area contributed by atoms with Gasteiger partial charge >= 0.3 is 0 Å². The summed E-state index contributed by atoms with van der Waals surface area (Å²) < 4.78 is 12.9. The Morgan fingerprint density at radius 2 is 1.83 bits per heavy atom. The first-order chi connectivity index (χ1) is 11.5. The number of hydrogen-bond donors (Lipinski definition) is 1. The van der Waals surface area contributed by atoms with E-state index in [0.29, 0.717) is 37.4 Å². The number of nitrogens with zero attached hydrogens (tertiary/aromatic N) is 3. The minimum atomic E-state index is -0.354. The number of carbonyl (C=O) groups is 2. The molecule has 1 N–H and O–H groups in total. The van der Waals surface area contributed by atoms with Gasteiger partial charge in [0.2, 0.25) is 0 Å². The van der Waals surface area contributed by atoms with Crippen LogP contribution in [0.2, 0.25) is 0 Å². The van der Waals surface area contributed by atoms with Crippen LogP contribution in [0.3, 0.4) is 0 Å². The Kier molecular flexibility index (Phi) is 4.71. The number of carbonyl (C=O) groups excluding carboxylic acids is 2. The standard InChI is InChI=1S/C17H19FN4O2/c1-12-10-15(20-19-12)17(24)22-8-6-21(7-9-22)11-16(23)13-2-4-14(18)5-3-13/h2-5,10H,6-9,11H2,1H3,(H,19,20). The molecule has 1 aliphatic rings. The molecule has 1 aliphatic heterocycles. The van der Waals surface area contributed by atoms with E-state index in [1.54, 1.807) is 11.0 Å². The van der Waals surface area contributed by atoms with E-state index in [4.69, 9.17) is 0 Å². The number of nitrogens with one attached hydrogen (secondary N) is 1. The van der Waals surface area contributed by atoms with Crippen molar-refractivity contribution < 1.29 is 14.0 Å². The Bertz CT molecular complexity index is 733. The van der Waals surface area contributed by atoms with Crippen molar-refractivity contribution in [1.29, 1.82) is 0 Å². The van der Waals surface area contributed by atoms with E-state index in [1.165, 1.54) is 24.3 Å². The molecular weight excluding hydrogens is 311 g/mol. The van der Waals surface area contributed by atoms with Crippen LogP contribution in [0.1, 0.15) is 26.5 Å². The van der Waals surface area contributed by atoms with Crippen molar-refractivity contribution in [2.24, 2.45) is 0 Å². The summed E-state index contributed by atoms with van der Waals surface area (Å²) in [6.45, 7) is 4.49. The van der Waals surface area contributed by atoms with Gasteiger partial charge in [-0.25, -0.2) is 4.39 Å². The van der Waals surface area contributed by atoms with Crippen LogP contribution < -0.4 is 0 Å². The molecule has 126 valence electrons. The van der Waals surface area contributed by atoms with Crippen molar-refractivity contribution in [3.8, 4) is 0 Å². The average molecular weight is 330 g/mol. The molecule has 2 heterocycles. The molecule has 24 heavy (non-hydrogen) atoms. The molecule has 0 bridgehead atoms. The van der Waals surface area contributed by atoms with Crippen LogP contribution in [0.4, 0.5) is 4.39 Å². The Morgan fingerprint density at radius 1 is 1.17 bits per heavy atom. The number of benzene rings is 1. The number of H-pyrrole nitrogens is 1. The van der Waals surface area contributed by atoms with Gasteiger partial charge in [0.1, 0.15) is 11.5 Å². The summed E-state index contributed by atoms with van der Waals surface area (Å²) in [7, 11) is 0. The van der Waals surface area contributed by atoms with Crippen LogP contribution in [-0.2, 0) is 0 Å². The van der Waals surface area contributed by atoms with Crippen LogP contribution in [0.25, 0.3) is 0 Å². The van der Waals surface area contributed by atoms with E-state index in [1.807, 2.05) is 11.8 Å². The quantitative estimate of drug-likeness (QED) is 0.863. The van der Waals surface area contributed by atoms with Crippen molar-refractivity contribution >= 4 is 11.7 Å². The summed E-state index contributed by atoms with van der Waals surface area (Å²) in [5.74, 6) is -0.492. The van der Waals surface area contributed by atoms with E-state index in [-0.39, 0.29) is 24.1 Å². The summed E-state index contributed by atoms with van der Waals surface area (Å²) in [4.78, 5) is 28.3. The highest BCUT2D eigenvalue weighted by Crippen LogP contribution is 2.10. The van der Waals surface area contributed by atoms with Crippen LogP contribution >= 0.6 is 0 Å². The Labute approximate surface area is 139 Å². The summed E-state index contributed by atoms with van der Waals surface area (Å²) >= 11 is 0. The number of ketones is 1. The third-order valence-electron chi connectivity index (χ3n) is 4.12. The van der Waals surface area contributed by atoms with Crippen molar-refractivity contribution in [1.82, 2.24) is 20.0 Å². The van der Waals surface area contributed by atoms with E-state index in [0.717, 1.165) is 5.69 Å². The Morgan fingerprint density at radius 3 is 2.42 bits per heavy atom. The highest BCUT2D eigenvalue weighted by Gasteiger charge is 2.24. The maximum absolute atomic E-state index is 12.9. The fourth-order valence-electron chi connectivity index (χ4n) is 2.73. The number of aryl methyl sites for hydroxylation is 1. The van der Waals surface area contributed by atoms with E-state index in [9.17, 15) is 14.0 Å². The molecular formula is C17H19FN4O2. The lowest BCUT2D eigenvalue weighted by molar-refractivity contribution is 0.0619. The summed E-state index contributed by atoms with van der Waals surface area (Å²) in [5.41, 5.74) is 1.77. The zero-order valence-electron chi connectivity index (χ0n) is 13.5. The number of halogens is 1. The third-order valence-corrected chi connectivity index (χ3v) is 4.12. The summed E-state index contributed by atoms with van der Waals surface area (Å²) in [5, 5.41) is 6.76. The molecule has 1 aromatic carbocycles. The molecule has 0 saturated carbocycles. The average Bonchev–Trinajstić information content (AvgIpc) is 3.02. The maximum atomic E-state index is 12.9. The van der Waals surface area contributed by atoms with Gasteiger partial charge in [-0.2, -0.15) is 5.10 Å². The van der Waals surface area contributed by atoms with Gasteiger partial charge in [-0.05, 0) is 37.3 Å². The Hall–Kier alpha value is -2.54. The molecule has 1 amide bonds. The van der Waals surface area contributed by atoms with E-state index in [2.05, 4.69) is 10.2 Å². The molecule has 3 rings (SSSR count). The van der Waals surface area contributed by atoms with E-state index >= 15 is 0 Å². The second-order valence-electron chi connectivity index (χ2n) is 5.93. The number of rotatable bonds is 4. The largest absolute Gasteiger partial charge is 0.335 e. The lowest BCUT2D eigenvalue weighted by Crippen LogP contribution is -2.50. The van der Waals surface area contributed by atoms with E-state index < -0.39 is 0 Å². The summed E-state index contributed by atoms with van der Waals surface area (Å²) in [6.07, 6.45) is 0. The van der Waals surface area contributed by atoms with Crippen molar-refractivity contribution in [3.05, 3.63) is 53.1 Å². The zero-order valence-corrected chi connectivity index (χ0v) is 13.5. The number of amides is 1. The zero-order chi connectivity index (χ0) is 17.1. The van der Waals surface area contributed by atoms with Gasteiger partial charge < -0.3 is 4.90 Å². The fourth-order valence-corrected chi connectivity index (χ4v) is 2.73. The van der Waals surface area contributed by atoms with Gasteiger partial charge in [0.25, 0.3) is 5.91 Å². The first-order valence-corrected chi connectivity index (χ1v) is 7.85. The predicted octanol–water partition coefficient (Wildman–Crippen LogP) is 1.50. The van der Waals surface area contributed by atoms with Gasteiger partial charge in [0.05, 0.1) is 6.54 Å². The molecule has 0 radical (unpaired) electrons. The first kappa shape index (κ1) is 16.3. The van der Waals surface area contributed by atoms with Gasteiger partial charge in [0.15, 0.2) is 5.78 Å². The molecule has 0 atom stereocenters. The second-order valence-corrected chi connectivity index (χ2v) is 5.93. The van der Waals surface area contributed by atoms with Gasteiger partial charge in [-0.1, -0.05) is 0 Å². The lowest BCUT2D eigenvalue weighted by Gasteiger charge is -2.33. The monoisotopic (exact) mass is 330 g/mol. The number of aromatic amines is 1. The summed E-state index contributed by atoms with van der Waals surface area (Å²) in [6, 6.07) is 7.30. The smallest absolute Gasteiger partial charge is 0.274 e. The number of Topliss-reactive ketones (excluding diaryl/α,β-unsaturated/α-hetero) is 1. The van der Waals surface area contributed by atoms with Crippen LogP contribution in [0.5, 0.6) is 0 Å². The second kappa shape index (κ2) is 6.92. The lowest BCUT2D eigenvalue weighted by atomic mass is 10.1. The minimum Gasteiger partial charge on any atom is -0.335 e. The SMILES string of the molecule is Cc1cc(C(=O)N2CCN(CC(=O)c3ccc(F)cc3)CC2)n[nH]1. The fraction of sp³-hybridized carbons (Fsp3) is 0.353. The number of piperazine rings is 1. The van der Waals surface area contributed by atoms with Gasteiger partial charge in [0, 0.05) is 37.4 Å². The highest BCUT2D eigenvalue weighted by molar-refractivity contribution is 5.97. The topological polar surface area (TPSA) is 69.3 Å². The molecule has 1 aromatic heterocycles. The molecule has 0 spiro atoms. The van der Waals surface area contributed by atoms with Crippen molar-refractivity contribution in [2.75, 3.05) is 32.7 Å². The molecule has 0 aliphatic carbocycles. The van der Waals surface area contributed by atoms with Crippen molar-refractivity contribution in [2.45, 2.75) is 6.92 Å². The predicted molar refractivity (Wildman–Crippen MR) is 86.4 cm³/mol. The molecule has 2 aromatic rings. The third kappa shape index (κ3) is 3.68. The molecule has 1 fully saturated rings. The molecule has 1 saturated heterocycles. The van der Waals surface area contributed by atoms with Gasteiger partial charge in [-0.3, -0.25) is 19.6 Å². The van der Waals surface area contributed by atoms with Crippen LogP contribution in [-0.4, -0.2) is 64.4 Å². The number of aromatic nitrogens is 2.